The van der Waals surface area contributed by atoms with Gasteiger partial charge in [-0.2, -0.15) is 4.31 Å². The predicted molar refractivity (Wildman–Crippen MR) is 173 cm³/mol. The summed E-state index contributed by atoms with van der Waals surface area (Å²) in [4.78, 5) is 14.8. The second-order valence-corrected chi connectivity index (χ2v) is 14.2. The van der Waals surface area contributed by atoms with E-state index in [1.807, 2.05) is 12.1 Å². The molecule has 0 spiro atoms. The van der Waals surface area contributed by atoms with E-state index in [4.69, 9.17) is 39.5 Å². The van der Waals surface area contributed by atoms with Gasteiger partial charge in [-0.1, -0.05) is 95.5 Å². The van der Waals surface area contributed by atoms with E-state index in [9.17, 15) is 13.2 Å². The van der Waals surface area contributed by atoms with Crippen LogP contribution in [0.15, 0.2) is 77.7 Å². The Morgan fingerprint density at radius 3 is 2.12 bits per heavy atom. The predicted octanol–water partition coefficient (Wildman–Crippen LogP) is 6.83. The first kappa shape index (κ1) is 33.7. The van der Waals surface area contributed by atoms with Gasteiger partial charge in [0.15, 0.2) is 0 Å². The Bertz CT molecular complexity index is 1430. The van der Waals surface area contributed by atoms with Crippen molar-refractivity contribution >= 4 is 50.7 Å². The molecule has 0 aliphatic heterocycles. The third-order valence-electron chi connectivity index (χ3n) is 7.89. The molecule has 0 radical (unpaired) electrons. The number of sulfonamides is 1. The highest BCUT2D eigenvalue weighted by Crippen LogP contribution is 2.39. The molecular weight excluding hydrogens is 629 g/mol. The SMILES string of the molecule is CN(Cc1ccccc1)C(c1ccccc1)C1CCC(NC(=O)COCCN(C)S(=O)(=O)c2c(Cl)cc(Cl)cc2Cl)CC1. The Morgan fingerprint density at radius 2 is 1.51 bits per heavy atom. The van der Waals surface area contributed by atoms with Gasteiger partial charge in [-0.15, -0.1) is 0 Å². The first-order valence-electron chi connectivity index (χ1n) is 14.3. The average molecular weight is 667 g/mol. The molecule has 4 rings (SSSR count). The van der Waals surface area contributed by atoms with Crippen LogP contribution in [-0.4, -0.2) is 63.4 Å². The van der Waals surface area contributed by atoms with Gasteiger partial charge in [0.25, 0.3) is 0 Å². The van der Waals surface area contributed by atoms with Crippen molar-refractivity contribution in [2.45, 2.75) is 49.2 Å². The van der Waals surface area contributed by atoms with Gasteiger partial charge in [0, 0.05) is 37.2 Å². The summed E-state index contributed by atoms with van der Waals surface area (Å²) in [6, 6.07) is 24.2. The average Bonchev–Trinajstić information content (AvgIpc) is 2.96. The number of carbonyl (C=O) groups excluding carboxylic acids is 1. The molecule has 1 saturated carbocycles. The van der Waals surface area contributed by atoms with Crippen LogP contribution < -0.4 is 5.32 Å². The lowest BCUT2D eigenvalue weighted by molar-refractivity contribution is -0.126. The summed E-state index contributed by atoms with van der Waals surface area (Å²) >= 11 is 18.1. The van der Waals surface area contributed by atoms with Crippen molar-refractivity contribution in [2.75, 3.05) is 33.9 Å². The summed E-state index contributed by atoms with van der Waals surface area (Å²) in [6.07, 6.45) is 3.79. The Balaban J connectivity index is 1.24. The monoisotopic (exact) mass is 665 g/mol. The topological polar surface area (TPSA) is 79.0 Å². The van der Waals surface area contributed by atoms with Crippen molar-refractivity contribution in [2.24, 2.45) is 5.92 Å². The zero-order valence-electron chi connectivity index (χ0n) is 24.4. The third kappa shape index (κ3) is 9.17. The van der Waals surface area contributed by atoms with Crippen molar-refractivity contribution in [1.82, 2.24) is 14.5 Å². The van der Waals surface area contributed by atoms with Crippen molar-refractivity contribution < 1.29 is 17.9 Å². The van der Waals surface area contributed by atoms with Crippen LogP contribution in [0.4, 0.5) is 0 Å². The third-order valence-corrected chi connectivity index (χ3v) is 10.9. The fraction of sp³-hybridized carbons (Fsp3) is 0.406. The van der Waals surface area contributed by atoms with Crippen LogP contribution in [0.3, 0.4) is 0 Å². The molecule has 0 aromatic heterocycles. The summed E-state index contributed by atoms with van der Waals surface area (Å²) in [5.41, 5.74) is 2.60. The molecule has 0 bridgehead atoms. The second kappa shape index (κ2) is 15.7. The van der Waals surface area contributed by atoms with E-state index in [1.54, 1.807) is 0 Å². The zero-order chi connectivity index (χ0) is 31.0. The molecule has 1 aliphatic carbocycles. The molecule has 1 atom stereocenters. The Labute approximate surface area is 270 Å². The van der Waals surface area contributed by atoms with E-state index < -0.39 is 10.0 Å². The molecule has 0 heterocycles. The number of benzene rings is 3. The molecule has 3 aromatic rings. The summed E-state index contributed by atoms with van der Waals surface area (Å²) in [5.74, 6) is 0.263. The van der Waals surface area contributed by atoms with Crippen LogP contribution in [-0.2, 0) is 26.1 Å². The lowest BCUT2D eigenvalue weighted by Crippen LogP contribution is -2.42. The summed E-state index contributed by atoms with van der Waals surface area (Å²) in [5, 5.41) is 3.22. The van der Waals surface area contributed by atoms with Gasteiger partial charge < -0.3 is 10.1 Å². The largest absolute Gasteiger partial charge is 0.370 e. The molecule has 7 nitrogen and oxygen atoms in total. The number of nitrogens with one attached hydrogen (secondary N) is 1. The van der Waals surface area contributed by atoms with Crippen molar-refractivity contribution in [3.05, 3.63) is 99.0 Å². The summed E-state index contributed by atoms with van der Waals surface area (Å²) in [7, 11) is -0.377. The lowest BCUT2D eigenvalue weighted by Gasteiger charge is -2.39. The molecule has 1 fully saturated rings. The van der Waals surface area contributed by atoms with E-state index in [1.165, 1.54) is 30.3 Å². The molecule has 43 heavy (non-hydrogen) atoms. The Kier molecular flexibility index (Phi) is 12.3. The highest BCUT2D eigenvalue weighted by molar-refractivity contribution is 7.89. The molecular formula is C32H38Cl3N3O4S. The van der Waals surface area contributed by atoms with E-state index >= 15 is 0 Å². The quantitative estimate of drug-likeness (QED) is 0.202. The lowest BCUT2D eigenvalue weighted by atomic mass is 9.78. The van der Waals surface area contributed by atoms with E-state index in [2.05, 4.69) is 65.8 Å². The van der Waals surface area contributed by atoms with Crippen LogP contribution in [0.25, 0.3) is 0 Å². The first-order chi connectivity index (χ1) is 20.6. The number of carbonyl (C=O) groups is 1. The van der Waals surface area contributed by atoms with E-state index in [0.29, 0.717) is 5.92 Å². The molecule has 1 unspecified atom stereocenters. The maximum Gasteiger partial charge on any atom is 0.246 e. The molecule has 1 amide bonds. The minimum atomic E-state index is -3.97. The number of amides is 1. The van der Waals surface area contributed by atoms with Crippen molar-refractivity contribution in [1.29, 1.82) is 0 Å². The molecule has 0 saturated heterocycles. The number of likely N-dealkylation sites (N-methyl/N-ethyl adjacent to an activating group) is 1. The van der Waals surface area contributed by atoms with Crippen LogP contribution in [0.2, 0.25) is 15.1 Å². The van der Waals surface area contributed by atoms with Crippen LogP contribution in [0, 0.1) is 5.92 Å². The highest BCUT2D eigenvalue weighted by atomic mass is 35.5. The fourth-order valence-corrected chi connectivity index (χ4v) is 8.40. The Hall–Kier alpha value is -2.17. The van der Waals surface area contributed by atoms with Gasteiger partial charge in [0.05, 0.1) is 16.7 Å². The number of rotatable bonds is 13. The zero-order valence-corrected chi connectivity index (χ0v) is 27.5. The minimum absolute atomic E-state index is 0.0212. The molecule has 11 heteroatoms. The number of hydrogen-bond acceptors (Lipinski definition) is 5. The molecule has 232 valence electrons. The maximum atomic E-state index is 13.0. The normalized spacial score (nSPS) is 18.1. The first-order valence-corrected chi connectivity index (χ1v) is 16.9. The maximum absolute atomic E-state index is 13.0. The molecule has 3 aromatic carbocycles. The van der Waals surface area contributed by atoms with E-state index in [0.717, 1.165) is 36.5 Å². The number of ether oxygens (including phenoxy) is 1. The summed E-state index contributed by atoms with van der Waals surface area (Å²) in [6.45, 7) is 0.770. The highest BCUT2D eigenvalue weighted by Gasteiger charge is 2.32. The van der Waals surface area contributed by atoms with Gasteiger partial charge >= 0.3 is 0 Å². The Morgan fingerprint density at radius 1 is 0.930 bits per heavy atom. The van der Waals surface area contributed by atoms with Crippen LogP contribution >= 0.6 is 34.8 Å². The second-order valence-electron chi connectivity index (χ2n) is 11.0. The van der Waals surface area contributed by atoms with Crippen molar-refractivity contribution in [3.8, 4) is 0 Å². The van der Waals surface area contributed by atoms with Gasteiger partial charge in [-0.25, -0.2) is 8.42 Å². The van der Waals surface area contributed by atoms with Crippen molar-refractivity contribution in [3.63, 3.8) is 0 Å². The van der Waals surface area contributed by atoms with E-state index in [-0.39, 0.29) is 57.7 Å². The number of halogens is 3. The summed E-state index contributed by atoms with van der Waals surface area (Å²) < 4.78 is 32.5. The van der Waals surface area contributed by atoms with Gasteiger partial charge in [0.1, 0.15) is 11.5 Å². The molecule has 1 N–H and O–H groups in total. The standard InChI is InChI=1S/C32H38Cl3N3O4S/c1-37(21-23-9-5-3-6-10-23)31(24-11-7-4-8-12-24)25-13-15-27(16-14-25)36-30(39)22-42-18-17-38(2)43(40,41)32-28(34)19-26(33)20-29(32)35/h3-12,19-20,25,27,31H,13-18,21-22H2,1-2H3,(H,36,39). The van der Waals surface area contributed by atoms with Crippen LogP contribution in [0.1, 0.15) is 42.9 Å². The van der Waals surface area contributed by atoms with Gasteiger partial charge in [-0.05, 0) is 61.9 Å². The van der Waals surface area contributed by atoms with Gasteiger partial charge in [-0.3, -0.25) is 9.69 Å². The van der Waals surface area contributed by atoms with Crippen LogP contribution in [0.5, 0.6) is 0 Å². The molecule has 1 aliphatic rings. The fourth-order valence-electron chi connectivity index (χ4n) is 5.76. The number of hydrogen-bond donors (Lipinski definition) is 1. The smallest absolute Gasteiger partial charge is 0.246 e. The number of nitrogens with zero attached hydrogens (tertiary/aromatic N) is 2. The van der Waals surface area contributed by atoms with Gasteiger partial charge in [0.2, 0.25) is 15.9 Å². The minimum Gasteiger partial charge on any atom is -0.370 e.